The van der Waals surface area contributed by atoms with Gasteiger partial charge in [0.15, 0.2) is 11.5 Å². The third-order valence-electron chi connectivity index (χ3n) is 9.10. The Balaban J connectivity index is 1.64. The van der Waals surface area contributed by atoms with Gasteiger partial charge < -0.3 is 33.9 Å². The second-order valence-electron chi connectivity index (χ2n) is 13.0. The number of para-hydroxylation sites is 1. The van der Waals surface area contributed by atoms with Gasteiger partial charge in [0.25, 0.3) is 0 Å². The standard InChI is InChI=1S/C36H48N2O8/c1-23-36(34(41)45-8)22-26(20-32(39)37-17-15-25-11-9-10-12-27(25)42-5)33(40)38(30(36)21-31(46-23)35(2,3)4)18-16-24-13-14-28(43-6)29(19-24)44-7/h9-14,19,21,23,26,31H,15-18,20,22H2,1-8H3,(H,37,39)/t23-,26+,31-,36+/m1/s1. The maximum Gasteiger partial charge on any atom is 0.320 e. The van der Waals surface area contributed by atoms with Crippen molar-refractivity contribution in [3.63, 3.8) is 0 Å². The minimum Gasteiger partial charge on any atom is -0.496 e. The number of nitrogens with one attached hydrogen (secondary N) is 1. The van der Waals surface area contributed by atoms with Crippen molar-refractivity contribution in [2.75, 3.05) is 41.5 Å². The average molecular weight is 637 g/mol. The van der Waals surface area contributed by atoms with E-state index in [1.165, 1.54) is 7.11 Å². The smallest absolute Gasteiger partial charge is 0.320 e. The van der Waals surface area contributed by atoms with Crippen LogP contribution in [0.1, 0.15) is 51.7 Å². The van der Waals surface area contributed by atoms with Gasteiger partial charge in [0.1, 0.15) is 11.2 Å². The van der Waals surface area contributed by atoms with E-state index in [1.807, 2.05) is 55.5 Å². The van der Waals surface area contributed by atoms with Gasteiger partial charge in [0.05, 0.1) is 40.6 Å². The number of benzene rings is 2. The predicted molar refractivity (Wildman–Crippen MR) is 174 cm³/mol. The minimum absolute atomic E-state index is 0.0704. The largest absolute Gasteiger partial charge is 0.496 e. The number of ether oxygens (including phenoxy) is 5. The van der Waals surface area contributed by atoms with Crippen LogP contribution in [-0.2, 0) is 36.7 Å². The van der Waals surface area contributed by atoms with Crippen molar-refractivity contribution >= 4 is 17.8 Å². The molecule has 0 aliphatic carbocycles. The van der Waals surface area contributed by atoms with Crippen molar-refractivity contribution in [3.05, 3.63) is 65.4 Å². The van der Waals surface area contributed by atoms with E-state index in [0.29, 0.717) is 36.6 Å². The molecule has 1 saturated heterocycles. The third kappa shape index (κ3) is 7.17. The highest BCUT2D eigenvalue weighted by Gasteiger charge is 2.60. The van der Waals surface area contributed by atoms with E-state index >= 15 is 0 Å². The molecule has 2 aromatic carbocycles. The Morgan fingerprint density at radius 1 is 0.978 bits per heavy atom. The number of carbonyl (C=O) groups is 3. The van der Waals surface area contributed by atoms with Crippen LogP contribution in [0, 0.1) is 16.7 Å². The van der Waals surface area contributed by atoms with Gasteiger partial charge >= 0.3 is 5.97 Å². The van der Waals surface area contributed by atoms with E-state index < -0.39 is 23.4 Å². The molecule has 0 radical (unpaired) electrons. The molecule has 10 heteroatoms. The van der Waals surface area contributed by atoms with Gasteiger partial charge in [-0.2, -0.15) is 0 Å². The Labute approximate surface area is 272 Å². The van der Waals surface area contributed by atoms with E-state index in [2.05, 4.69) is 26.1 Å². The van der Waals surface area contributed by atoms with Gasteiger partial charge in [-0.15, -0.1) is 0 Å². The zero-order valence-corrected chi connectivity index (χ0v) is 28.3. The average Bonchev–Trinajstić information content (AvgIpc) is 3.04. The molecule has 4 rings (SSSR count). The number of hydrogen-bond acceptors (Lipinski definition) is 8. The fourth-order valence-corrected chi connectivity index (χ4v) is 6.49. The Morgan fingerprint density at radius 3 is 2.33 bits per heavy atom. The van der Waals surface area contributed by atoms with Crippen molar-refractivity contribution in [1.82, 2.24) is 10.2 Å². The van der Waals surface area contributed by atoms with Crippen LogP contribution in [0.25, 0.3) is 0 Å². The number of amides is 2. The topological polar surface area (TPSA) is 113 Å². The molecule has 1 fully saturated rings. The van der Waals surface area contributed by atoms with Crippen LogP contribution in [0.15, 0.2) is 54.2 Å². The molecule has 250 valence electrons. The summed E-state index contributed by atoms with van der Waals surface area (Å²) in [6.07, 6.45) is 2.05. The quantitative estimate of drug-likeness (QED) is 0.333. The SMILES string of the molecule is COC(=O)[C@]12C[C@H](CC(=O)NCCc3ccccc3OC)C(=O)N(CCc3ccc(OC)c(OC)c3)C1=C[C@H](C(C)(C)C)O[C@@H]2C. The van der Waals surface area contributed by atoms with Crippen molar-refractivity contribution in [2.45, 2.75) is 65.6 Å². The molecule has 0 saturated carbocycles. The molecule has 0 unspecified atom stereocenters. The van der Waals surface area contributed by atoms with Gasteiger partial charge in [0.2, 0.25) is 11.8 Å². The highest BCUT2D eigenvalue weighted by Crippen LogP contribution is 2.51. The maximum atomic E-state index is 14.3. The molecule has 1 N–H and O–H groups in total. The summed E-state index contributed by atoms with van der Waals surface area (Å²) in [6, 6.07) is 13.3. The normalized spacial score (nSPS) is 22.8. The summed E-state index contributed by atoms with van der Waals surface area (Å²) in [5.74, 6) is 0.238. The number of fused-ring (bicyclic) bond motifs is 1. The van der Waals surface area contributed by atoms with Crippen LogP contribution in [-0.4, -0.2) is 76.4 Å². The van der Waals surface area contributed by atoms with Crippen LogP contribution in [0.2, 0.25) is 0 Å². The zero-order valence-electron chi connectivity index (χ0n) is 28.3. The number of methoxy groups -OCH3 is 4. The zero-order chi connectivity index (χ0) is 33.6. The lowest BCUT2D eigenvalue weighted by Gasteiger charge is -2.53. The van der Waals surface area contributed by atoms with Gasteiger partial charge in [-0.05, 0) is 67.0 Å². The number of nitrogens with zero attached hydrogens (tertiary/aromatic N) is 1. The first kappa shape index (κ1) is 34.8. The summed E-state index contributed by atoms with van der Waals surface area (Å²) < 4.78 is 28.2. The van der Waals surface area contributed by atoms with E-state index in [0.717, 1.165) is 16.9 Å². The van der Waals surface area contributed by atoms with E-state index in [9.17, 15) is 14.4 Å². The van der Waals surface area contributed by atoms with E-state index in [4.69, 9.17) is 23.7 Å². The highest BCUT2D eigenvalue weighted by molar-refractivity contribution is 5.92. The number of hydrogen-bond donors (Lipinski definition) is 1. The molecule has 2 amide bonds. The lowest BCUT2D eigenvalue weighted by atomic mass is 9.65. The molecule has 46 heavy (non-hydrogen) atoms. The molecule has 2 aliphatic heterocycles. The van der Waals surface area contributed by atoms with Crippen molar-refractivity contribution in [1.29, 1.82) is 0 Å². The molecular weight excluding hydrogens is 588 g/mol. The number of rotatable bonds is 12. The van der Waals surface area contributed by atoms with Crippen molar-refractivity contribution in [2.24, 2.45) is 16.7 Å². The second kappa shape index (κ2) is 14.6. The molecule has 0 spiro atoms. The first-order valence-electron chi connectivity index (χ1n) is 15.8. The van der Waals surface area contributed by atoms with Gasteiger partial charge in [-0.25, -0.2) is 0 Å². The summed E-state index contributed by atoms with van der Waals surface area (Å²) in [7, 11) is 6.12. The Hall–Kier alpha value is -4.05. The summed E-state index contributed by atoms with van der Waals surface area (Å²) in [5.41, 5.74) is 0.931. The molecule has 2 heterocycles. The fraction of sp³-hybridized carbons (Fsp3) is 0.528. The number of carbonyl (C=O) groups excluding carboxylic acids is 3. The van der Waals surface area contributed by atoms with Gasteiger partial charge in [-0.1, -0.05) is 45.0 Å². The first-order valence-corrected chi connectivity index (χ1v) is 15.8. The molecule has 0 bridgehead atoms. The third-order valence-corrected chi connectivity index (χ3v) is 9.10. The van der Waals surface area contributed by atoms with Crippen LogP contribution < -0.4 is 19.5 Å². The number of likely N-dealkylation sites (tertiary alicyclic amines) is 1. The second-order valence-corrected chi connectivity index (χ2v) is 13.0. The van der Waals surface area contributed by atoms with E-state index in [1.54, 1.807) is 26.2 Å². The van der Waals surface area contributed by atoms with Crippen molar-refractivity contribution in [3.8, 4) is 17.2 Å². The molecule has 2 aromatic rings. The molecule has 4 atom stereocenters. The monoisotopic (exact) mass is 636 g/mol. The molecular formula is C36H48N2O8. The number of esters is 1. The molecule has 0 aromatic heterocycles. The predicted octanol–water partition coefficient (Wildman–Crippen LogP) is 4.73. The number of piperidine rings is 1. The van der Waals surface area contributed by atoms with E-state index in [-0.39, 0.29) is 42.7 Å². The molecule has 2 aliphatic rings. The fourth-order valence-electron chi connectivity index (χ4n) is 6.49. The molecule has 10 nitrogen and oxygen atoms in total. The van der Waals surface area contributed by atoms with Crippen LogP contribution in [0.4, 0.5) is 0 Å². The first-order chi connectivity index (χ1) is 21.9. The summed E-state index contributed by atoms with van der Waals surface area (Å²) in [4.78, 5) is 43.0. The Kier molecular flexibility index (Phi) is 11.0. The van der Waals surface area contributed by atoms with Crippen LogP contribution in [0.5, 0.6) is 17.2 Å². The van der Waals surface area contributed by atoms with Gasteiger partial charge in [-0.3, -0.25) is 14.4 Å². The summed E-state index contributed by atoms with van der Waals surface area (Å²) in [5, 5.41) is 2.96. The summed E-state index contributed by atoms with van der Waals surface area (Å²) >= 11 is 0. The Morgan fingerprint density at radius 2 is 1.67 bits per heavy atom. The maximum absolute atomic E-state index is 14.3. The van der Waals surface area contributed by atoms with Crippen molar-refractivity contribution < 1.29 is 38.1 Å². The highest BCUT2D eigenvalue weighted by atomic mass is 16.5. The minimum atomic E-state index is -1.26. The lowest BCUT2D eigenvalue weighted by Crippen LogP contribution is -2.61. The lowest BCUT2D eigenvalue weighted by molar-refractivity contribution is -0.180. The van der Waals surface area contributed by atoms with Crippen LogP contribution in [0.3, 0.4) is 0 Å². The summed E-state index contributed by atoms with van der Waals surface area (Å²) in [6.45, 7) is 8.70. The van der Waals surface area contributed by atoms with Crippen LogP contribution >= 0.6 is 0 Å². The Bertz CT molecular complexity index is 1450. The van der Waals surface area contributed by atoms with Gasteiger partial charge in [0, 0.05) is 31.1 Å².